The van der Waals surface area contributed by atoms with Gasteiger partial charge in [0.25, 0.3) is 0 Å². The average Bonchev–Trinajstić information content (AvgIpc) is 2.25. The molecule has 0 aliphatic carbocycles. The van der Waals surface area contributed by atoms with Gasteiger partial charge in [0.1, 0.15) is 0 Å². The first-order chi connectivity index (χ1) is 7.15. The molecule has 82 valence electrons. The molecule has 0 radical (unpaired) electrons. The van der Waals surface area contributed by atoms with Crippen LogP contribution in [0.4, 0.5) is 0 Å². The number of esters is 1. The number of halogens is 1. The SMILES string of the molecule is COC(=O)CCc1cc(Br)cc(CO)c1. The van der Waals surface area contributed by atoms with Crippen LogP contribution in [0.3, 0.4) is 0 Å². The second kappa shape index (κ2) is 5.88. The van der Waals surface area contributed by atoms with E-state index in [0.717, 1.165) is 15.6 Å². The number of rotatable bonds is 4. The molecule has 0 bridgehead atoms. The van der Waals surface area contributed by atoms with Crippen LogP contribution in [-0.2, 0) is 22.6 Å². The number of carbonyl (C=O) groups excluding carboxylic acids is 1. The summed E-state index contributed by atoms with van der Waals surface area (Å²) >= 11 is 3.35. The number of ether oxygens (including phenoxy) is 1. The van der Waals surface area contributed by atoms with E-state index in [2.05, 4.69) is 20.7 Å². The summed E-state index contributed by atoms with van der Waals surface area (Å²) in [7, 11) is 1.38. The molecule has 1 aromatic carbocycles. The van der Waals surface area contributed by atoms with E-state index in [-0.39, 0.29) is 12.6 Å². The van der Waals surface area contributed by atoms with E-state index in [9.17, 15) is 4.79 Å². The Morgan fingerprint density at radius 2 is 2.07 bits per heavy atom. The van der Waals surface area contributed by atoms with Crippen molar-refractivity contribution in [2.45, 2.75) is 19.4 Å². The van der Waals surface area contributed by atoms with Crippen molar-refractivity contribution < 1.29 is 14.6 Å². The first kappa shape index (κ1) is 12.2. The number of aliphatic hydroxyl groups is 1. The molecule has 0 fully saturated rings. The highest BCUT2D eigenvalue weighted by Gasteiger charge is 2.03. The topological polar surface area (TPSA) is 46.5 Å². The van der Waals surface area contributed by atoms with E-state index in [0.29, 0.717) is 12.8 Å². The molecule has 3 nitrogen and oxygen atoms in total. The zero-order valence-corrected chi connectivity index (χ0v) is 10.1. The van der Waals surface area contributed by atoms with Crippen molar-refractivity contribution in [1.29, 1.82) is 0 Å². The minimum Gasteiger partial charge on any atom is -0.469 e. The van der Waals surface area contributed by atoms with Crippen molar-refractivity contribution in [1.82, 2.24) is 0 Å². The molecule has 4 heteroatoms. The smallest absolute Gasteiger partial charge is 0.305 e. The Balaban J connectivity index is 2.68. The normalized spacial score (nSPS) is 10.1. The number of aryl methyl sites for hydroxylation is 1. The fraction of sp³-hybridized carbons (Fsp3) is 0.364. The molecule has 0 aliphatic rings. The standard InChI is InChI=1S/C11H13BrO3/c1-15-11(14)3-2-8-4-9(7-13)6-10(12)5-8/h4-6,13H,2-3,7H2,1H3. The minimum absolute atomic E-state index is 0.00463. The summed E-state index contributed by atoms with van der Waals surface area (Å²) in [5.41, 5.74) is 1.85. The first-order valence-corrected chi connectivity index (χ1v) is 5.41. The second-order valence-electron chi connectivity index (χ2n) is 3.20. The van der Waals surface area contributed by atoms with Gasteiger partial charge in [-0.15, -0.1) is 0 Å². The number of hydrogen-bond donors (Lipinski definition) is 1. The molecule has 1 aromatic rings. The fourth-order valence-electron chi connectivity index (χ4n) is 1.30. The molecule has 0 atom stereocenters. The van der Waals surface area contributed by atoms with Crippen molar-refractivity contribution >= 4 is 21.9 Å². The largest absolute Gasteiger partial charge is 0.469 e. The highest BCUT2D eigenvalue weighted by Crippen LogP contribution is 2.17. The Morgan fingerprint density at radius 1 is 1.40 bits per heavy atom. The summed E-state index contributed by atoms with van der Waals surface area (Å²) in [4.78, 5) is 10.9. The predicted octanol–water partition coefficient (Wildman–Crippen LogP) is 2.05. The van der Waals surface area contributed by atoms with Crippen molar-refractivity contribution in [3.63, 3.8) is 0 Å². The van der Waals surface area contributed by atoms with Crippen molar-refractivity contribution in [2.24, 2.45) is 0 Å². The highest BCUT2D eigenvalue weighted by molar-refractivity contribution is 9.10. The van der Waals surface area contributed by atoms with Gasteiger partial charge in [0.15, 0.2) is 0 Å². The molecule has 1 rings (SSSR count). The summed E-state index contributed by atoms with van der Waals surface area (Å²) in [6.07, 6.45) is 0.983. The van der Waals surface area contributed by atoms with Gasteiger partial charge in [0.05, 0.1) is 13.7 Å². The molecule has 15 heavy (non-hydrogen) atoms. The van der Waals surface area contributed by atoms with Crippen molar-refractivity contribution in [3.8, 4) is 0 Å². The van der Waals surface area contributed by atoms with Gasteiger partial charge in [-0.25, -0.2) is 0 Å². The quantitative estimate of drug-likeness (QED) is 0.854. The maximum atomic E-state index is 10.9. The monoisotopic (exact) mass is 272 g/mol. The second-order valence-corrected chi connectivity index (χ2v) is 4.12. The van der Waals surface area contributed by atoms with E-state index in [1.54, 1.807) is 0 Å². The molecule has 0 unspecified atom stereocenters. The first-order valence-electron chi connectivity index (χ1n) is 4.61. The highest BCUT2D eigenvalue weighted by atomic mass is 79.9. The van der Waals surface area contributed by atoms with Crippen LogP contribution in [0.5, 0.6) is 0 Å². The lowest BCUT2D eigenvalue weighted by Crippen LogP contribution is -2.02. The van der Waals surface area contributed by atoms with Gasteiger partial charge in [-0.2, -0.15) is 0 Å². The van der Waals surface area contributed by atoms with Gasteiger partial charge < -0.3 is 9.84 Å². The number of hydrogen-bond acceptors (Lipinski definition) is 3. The number of carbonyl (C=O) groups is 1. The summed E-state index contributed by atoms with van der Waals surface area (Å²) in [5.74, 6) is -0.222. The Morgan fingerprint density at radius 3 is 2.67 bits per heavy atom. The summed E-state index contributed by atoms with van der Waals surface area (Å²) in [6.45, 7) is 0.00463. The molecular weight excluding hydrogens is 260 g/mol. The summed E-state index contributed by atoms with van der Waals surface area (Å²) < 4.78 is 5.47. The van der Waals surface area contributed by atoms with Gasteiger partial charge in [-0.05, 0) is 29.7 Å². The van der Waals surface area contributed by atoms with Crippen LogP contribution in [0.25, 0.3) is 0 Å². The third-order valence-corrected chi connectivity index (χ3v) is 2.50. The maximum Gasteiger partial charge on any atom is 0.305 e. The molecule has 0 spiro atoms. The molecule has 0 saturated carbocycles. The Bertz CT molecular complexity index is 350. The number of methoxy groups -OCH3 is 1. The van der Waals surface area contributed by atoms with Gasteiger partial charge in [0, 0.05) is 10.9 Å². The van der Waals surface area contributed by atoms with Gasteiger partial charge in [-0.3, -0.25) is 4.79 Å². The summed E-state index contributed by atoms with van der Waals surface area (Å²) in [6, 6.07) is 5.66. The molecule has 0 saturated heterocycles. The molecule has 0 amide bonds. The van der Waals surface area contributed by atoms with E-state index < -0.39 is 0 Å². The van der Waals surface area contributed by atoms with Crippen LogP contribution < -0.4 is 0 Å². The lowest BCUT2D eigenvalue weighted by molar-refractivity contribution is -0.140. The molecule has 0 aromatic heterocycles. The van der Waals surface area contributed by atoms with Crippen LogP contribution in [0.15, 0.2) is 22.7 Å². The van der Waals surface area contributed by atoms with Crippen LogP contribution >= 0.6 is 15.9 Å². The predicted molar refractivity (Wildman–Crippen MR) is 60.4 cm³/mol. The van der Waals surface area contributed by atoms with Gasteiger partial charge >= 0.3 is 5.97 Å². The Labute approximate surface area is 97.2 Å². The van der Waals surface area contributed by atoms with E-state index in [1.807, 2.05) is 18.2 Å². The lowest BCUT2D eigenvalue weighted by atomic mass is 10.1. The zero-order chi connectivity index (χ0) is 11.3. The minimum atomic E-state index is -0.222. The van der Waals surface area contributed by atoms with Crippen LogP contribution in [0.1, 0.15) is 17.5 Å². The Hall–Kier alpha value is -0.870. The van der Waals surface area contributed by atoms with Gasteiger partial charge in [0.2, 0.25) is 0 Å². The van der Waals surface area contributed by atoms with Crippen LogP contribution in [0, 0.1) is 0 Å². The van der Waals surface area contributed by atoms with Crippen LogP contribution in [-0.4, -0.2) is 18.2 Å². The average molecular weight is 273 g/mol. The molecule has 1 N–H and O–H groups in total. The van der Waals surface area contributed by atoms with E-state index >= 15 is 0 Å². The van der Waals surface area contributed by atoms with E-state index in [4.69, 9.17) is 5.11 Å². The maximum absolute atomic E-state index is 10.9. The lowest BCUT2D eigenvalue weighted by Gasteiger charge is -2.04. The van der Waals surface area contributed by atoms with E-state index in [1.165, 1.54) is 7.11 Å². The van der Waals surface area contributed by atoms with Crippen molar-refractivity contribution in [3.05, 3.63) is 33.8 Å². The van der Waals surface area contributed by atoms with Crippen molar-refractivity contribution in [2.75, 3.05) is 7.11 Å². The number of benzene rings is 1. The summed E-state index contributed by atoms with van der Waals surface area (Å²) in [5, 5.41) is 9.00. The Kier molecular flexibility index (Phi) is 4.78. The fourth-order valence-corrected chi connectivity index (χ4v) is 1.89. The number of aliphatic hydroxyl groups excluding tert-OH is 1. The molecule has 0 heterocycles. The molecular formula is C11H13BrO3. The van der Waals surface area contributed by atoms with Gasteiger partial charge in [-0.1, -0.05) is 22.0 Å². The zero-order valence-electron chi connectivity index (χ0n) is 8.50. The molecule has 0 aliphatic heterocycles. The van der Waals surface area contributed by atoms with Crippen LogP contribution in [0.2, 0.25) is 0 Å². The third-order valence-electron chi connectivity index (χ3n) is 2.05. The third kappa shape index (κ3) is 4.01.